The molecule has 0 aromatic heterocycles. The number of para-hydroxylation sites is 1. The van der Waals surface area contributed by atoms with Crippen molar-refractivity contribution in [1.82, 2.24) is 0 Å². The number of amides is 1. The largest absolute Gasteiger partial charge is 0.494 e. The Balaban J connectivity index is 2.24. The molecule has 2 aromatic carbocycles. The second kappa shape index (κ2) is 10.5. The molecule has 0 aliphatic heterocycles. The number of ether oxygens (including phenoxy) is 3. The maximum Gasteiger partial charge on any atom is 0.411 e. The summed E-state index contributed by atoms with van der Waals surface area (Å²) in [6, 6.07) is 15.2. The SMILES string of the molecule is CCOC(=O)Nc1c(OC)cc(C/C(C#N)=C/Nc2ccccc2)cc1OC. The van der Waals surface area contributed by atoms with Gasteiger partial charge in [-0.1, -0.05) is 18.2 Å². The third-order valence-corrected chi connectivity index (χ3v) is 3.79. The molecule has 0 heterocycles. The molecule has 0 atom stereocenters. The topological polar surface area (TPSA) is 92.6 Å². The molecular weight excluding hydrogens is 358 g/mol. The smallest absolute Gasteiger partial charge is 0.411 e. The molecule has 0 fully saturated rings. The van der Waals surface area contributed by atoms with E-state index >= 15 is 0 Å². The summed E-state index contributed by atoms with van der Waals surface area (Å²) in [6.45, 7) is 1.97. The van der Waals surface area contributed by atoms with E-state index < -0.39 is 6.09 Å². The Bertz CT molecular complexity index is 848. The van der Waals surface area contributed by atoms with Crippen molar-refractivity contribution in [2.75, 3.05) is 31.5 Å². The number of carbonyl (C=O) groups excluding carboxylic acids is 1. The summed E-state index contributed by atoms with van der Waals surface area (Å²) >= 11 is 0. The van der Waals surface area contributed by atoms with E-state index in [1.807, 2.05) is 30.3 Å². The van der Waals surface area contributed by atoms with Crippen molar-refractivity contribution in [2.45, 2.75) is 13.3 Å². The quantitative estimate of drug-likeness (QED) is 0.661. The van der Waals surface area contributed by atoms with Crippen LogP contribution in [0.1, 0.15) is 12.5 Å². The van der Waals surface area contributed by atoms with Gasteiger partial charge in [0.1, 0.15) is 17.2 Å². The van der Waals surface area contributed by atoms with E-state index in [-0.39, 0.29) is 6.61 Å². The number of nitrogens with one attached hydrogen (secondary N) is 2. The first-order chi connectivity index (χ1) is 13.6. The van der Waals surface area contributed by atoms with Gasteiger partial charge in [0.15, 0.2) is 0 Å². The van der Waals surface area contributed by atoms with Crippen LogP contribution >= 0.6 is 0 Å². The van der Waals surface area contributed by atoms with Crippen molar-refractivity contribution < 1.29 is 19.0 Å². The summed E-state index contributed by atoms with van der Waals surface area (Å²) in [5, 5.41) is 15.2. The molecule has 2 aromatic rings. The molecule has 0 radical (unpaired) electrons. The van der Waals surface area contributed by atoms with Gasteiger partial charge in [-0.15, -0.1) is 0 Å². The number of benzene rings is 2. The third-order valence-electron chi connectivity index (χ3n) is 3.79. The van der Waals surface area contributed by atoms with E-state index in [0.29, 0.717) is 29.2 Å². The van der Waals surface area contributed by atoms with Crippen LogP contribution in [0, 0.1) is 11.3 Å². The Morgan fingerprint density at radius 1 is 1.14 bits per heavy atom. The molecule has 2 N–H and O–H groups in total. The highest BCUT2D eigenvalue weighted by molar-refractivity contribution is 5.89. The number of anilines is 2. The summed E-state index contributed by atoms with van der Waals surface area (Å²) in [5.41, 5.74) is 2.58. The van der Waals surface area contributed by atoms with Crippen LogP contribution in [0.4, 0.5) is 16.2 Å². The number of nitriles is 1. The lowest BCUT2D eigenvalue weighted by Gasteiger charge is -2.16. The molecule has 0 saturated heterocycles. The van der Waals surface area contributed by atoms with Crippen LogP contribution < -0.4 is 20.1 Å². The van der Waals surface area contributed by atoms with Crippen molar-refractivity contribution in [3.05, 3.63) is 59.8 Å². The van der Waals surface area contributed by atoms with Crippen molar-refractivity contribution >= 4 is 17.5 Å². The normalized spacial score (nSPS) is 10.6. The van der Waals surface area contributed by atoms with Crippen molar-refractivity contribution in [3.63, 3.8) is 0 Å². The first-order valence-electron chi connectivity index (χ1n) is 8.70. The molecule has 2 rings (SSSR count). The van der Waals surface area contributed by atoms with Crippen LogP contribution in [-0.2, 0) is 11.2 Å². The molecule has 146 valence electrons. The van der Waals surface area contributed by atoms with Gasteiger partial charge >= 0.3 is 6.09 Å². The molecule has 28 heavy (non-hydrogen) atoms. The van der Waals surface area contributed by atoms with Crippen molar-refractivity contribution in [2.24, 2.45) is 0 Å². The predicted molar refractivity (Wildman–Crippen MR) is 108 cm³/mol. The van der Waals surface area contributed by atoms with Crippen LogP contribution in [0.3, 0.4) is 0 Å². The second-order valence-electron chi connectivity index (χ2n) is 5.69. The van der Waals surface area contributed by atoms with E-state index in [1.54, 1.807) is 25.3 Å². The lowest BCUT2D eigenvalue weighted by Crippen LogP contribution is -2.15. The van der Waals surface area contributed by atoms with Crippen LogP contribution in [0.5, 0.6) is 11.5 Å². The Kier molecular flexibility index (Phi) is 7.73. The third kappa shape index (κ3) is 5.68. The average molecular weight is 381 g/mol. The zero-order valence-corrected chi connectivity index (χ0v) is 16.1. The molecule has 0 aliphatic rings. The number of allylic oxidation sites excluding steroid dienone is 1. The van der Waals surface area contributed by atoms with Crippen LogP contribution in [0.2, 0.25) is 0 Å². The van der Waals surface area contributed by atoms with Gasteiger partial charge in [-0.3, -0.25) is 5.32 Å². The highest BCUT2D eigenvalue weighted by Crippen LogP contribution is 2.36. The Morgan fingerprint density at radius 3 is 2.32 bits per heavy atom. The standard InChI is InChI=1S/C21H23N3O4/c1-4-28-21(25)24-20-18(26-2)11-15(12-19(20)27-3)10-16(13-22)14-23-17-8-6-5-7-9-17/h5-9,11-12,14,23H,4,10H2,1-3H3,(H,24,25)/b16-14-. The number of carbonyl (C=O) groups is 1. The summed E-state index contributed by atoms with van der Waals surface area (Å²) < 4.78 is 15.7. The van der Waals surface area contributed by atoms with E-state index in [9.17, 15) is 10.1 Å². The molecular formula is C21H23N3O4. The zero-order valence-electron chi connectivity index (χ0n) is 16.1. The minimum atomic E-state index is -0.600. The molecule has 7 nitrogen and oxygen atoms in total. The van der Waals surface area contributed by atoms with Gasteiger partial charge in [0.25, 0.3) is 0 Å². The number of hydrogen-bond donors (Lipinski definition) is 2. The maximum absolute atomic E-state index is 11.8. The zero-order chi connectivity index (χ0) is 20.4. The second-order valence-corrected chi connectivity index (χ2v) is 5.69. The fraction of sp³-hybridized carbons (Fsp3) is 0.238. The van der Waals surface area contributed by atoms with Crippen LogP contribution in [0.25, 0.3) is 0 Å². The van der Waals surface area contributed by atoms with E-state index in [4.69, 9.17) is 14.2 Å². The molecule has 0 unspecified atom stereocenters. The maximum atomic E-state index is 11.8. The van der Waals surface area contributed by atoms with E-state index in [0.717, 1.165) is 11.3 Å². The van der Waals surface area contributed by atoms with Gasteiger partial charge in [-0.2, -0.15) is 5.26 Å². The van der Waals surface area contributed by atoms with Gasteiger partial charge in [0.2, 0.25) is 0 Å². The molecule has 0 aliphatic carbocycles. The molecule has 0 spiro atoms. The van der Waals surface area contributed by atoms with Crippen LogP contribution in [-0.4, -0.2) is 26.9 Å². The summed E-state index contributed by atoms with van der Waals surface area (Å²) in [6.07, 6.45) is 1.43. The van der Waals surface area contributed by atoms with Crippen LogP contribution in [0.15, 0.2) is 54.2 Å². The Morgan fingerprint density at radius 2 is 1.79 bits per heavy atom. The summed E-state index contributed by atoms with van der Waals surface area (Å²) in [4.78, 5) is 11.8. The molecule has 1 amide bonds. The summed E-state index contributed by atoms with van der Waals surface area (Å²) in [5.74, 6) is 0.825. The lowest BCUT2D eigenvalue weighted by molar-refractivity contribution is 0.167. The van der Waals surface area contributed by atoms with Gasteiger partial charge in [0.05, 0.1) is 26.9 Å². The number of rotatable bonds is 8. The van der Waals surface area contributed by atoms with E-state index in [1.165, 1.54) is 14.2 Å². The lowest BCUT2D eigenvalue weighted by atomic mass is 10.0. The average Bonchev–Trinajstić information content (AvgIpc) is 2.72. The predicted octanol–water partition coefficient (Wildman–Crippen LogP) is 4.33. The summed E-state index contributed by atoms with van der Waals surface area (Å²) in [7, 11) is 2.99. The van der Waals surface area contributed by atoms with Gasteiger partial charge in [-0.25, -0.2) is 4.79 Å². The van der Waals surface area contributed by atoms with Gasteiger partial charge in [-0.05, 0) is 36.8 Å². The molecule has 0 saturated carbocycles. The molecule has 7 heteroatoms. The highest BCUT2D eigenvalue weighted by atomic mass is 16.5. The Hall–Kier alpha value is -3.66. The Labute approximate surface area is 164 Å². The van der Waals surface area contributed by atoms with Crippen molar-refractivity contribution in [3.8, 4) is 17.6 Å². The first-order valence-corrected chi connectivity index (χ1v) is 8.70. The highest BCUT2D eigenvalue weighted by Gasteiger charge is 2.16. The van der Waals surface area contributed by atoms with E-state index in [2.05, 4.69) is 16.7 Å². The fourth-order valence-electron chi connectivity index (χ4n) is 2.51. The minimum absolute atomic E-state index is 0.249. The minimum Gasteiger partial charge on any atom is -0.494 e. The first kappa shape index (κ1) is 20.6. The van der Waals surface area contributed by atoms with Crippen molar-refractivity contribution in [1.29, 1.82) is 5.26 Å². The fourth-order valence-corrected chi connectivity index (χ4v) is 2.51. The monoisotopic (exact) mass is 381 g/mol. The number of nitrogens with zero attached hydrogens (tertiary/aromatic N) is 1. The number of hydrogen-bond acceptors (Lipinski definition) is 6. The number of methoxy groups -OCH3 is 2. The van der Waals surface area contributed by atoms with Gasteiger partial charge < -0.3 is 19.5 Å². The molecule has 0 bridgehead atoms. The van der Waals surface area contributed by atoms with Gasteiger partial charge in [0, 0.05) is 23.9 Å².